The Morgan fingerprint density at radius 2 is 1.69 bits per heavy atom. The molecule has 0 bridgehead atoms. The molecule has 0 fully saturated rings. The van der Waals surface area contributed by atoms with Crippen molar-refractivity contribution in [3.63, 3.8) is 0 Å². The van der Waals surface area contributed by atoms with E-state index >= 15 is 0 Å². The lowest BCUT2D eigenvalue weighted by Gasteiger charge is -2.22. The Kier molecular flexibility index (Phi) is 3.64. The van der Waals surface area contributed by atoms with Gasteiger partial charge in [-0.15, -0.1) is 0 Å². The molecule has 26 heavy (non-hydrogen) atoms. The van der Waals surface area contributed by atoms with E-state index in [1.165, 1.54) is 43.9 Å². The molecule has 0 saturated carbocycles. The first kappa shape index (κ1) is 16.7. The third-order valence-electron chi connectivity index (χ3n) is 5.67. The standard InChI is InChI=1S/C23H23N2Si/c1-15-7-12-20(25(4)14-15)22-16(2)8-10-19-18-11-9-17(24-3)13-21(18)26(5,6)23(19)22/h7-14H,1-2,4-6H3/q+1. The number of aryl methyl sites for hydroxylation is 3. The van der Waals surface area contributed by atoms with Crippen LogP contribution in [0, 0.1) is 20.4 Å². The quantitative estimate of drug-likeness (QED) is 0.352. The summed E-state index contributed by atoms with van der Waals surface area (Å²) < 4.78 is 2.25. The van der Waals surface area contributed by atoms with Crippen LogP contribution in [0.5, 0.6) is 0 Å². The van der Waals surface area contributed by atoms with E-state index < -0.39 is 8.07 Å². The highest BCUT2D eigenvalue weighted by Crippen LogP contribution is 2.35. The van der Waals surface area contributed by atoms with Crippen LogP contribution in [0.25, 0.3) is 27.2 Å². The zero-order valence-corrected chi connectivity index (χ0v) is 17.0. The van der Waals surface area contributed by atoms with Gasteiger partial charge >= 0.3 is 0 Å². The molecule has 0 aliphatic carbocycles. The van der Waals surface area contributed by atoms with E-state index in [9.17, 15) is 0 Å². The Morgan fingerprint density at radius 3 is 2.38 bits per heavy atom. The maximum absolute atomic E-state index is 7.39. The van der Waals surface area contributed by atoms with E-state index in [0.717, 1.165) is 5.69 Å². The fourth-order valence-electron chi connectivity index (χ4n) is 4.40. The predicted molar refractivity (Wildman–Crippen MR) is 111 cm³/mol. The smallest absolute Gasteiger partial charge is 0.212 e. The summed E-state index contributed by atoms with van der Waals surface area (Å²) in [6, 6.07) is 15.2. The van der Waals surface area contributed by atoms with Crippen molar-refractivity contribution in [1.29, 1.82) is 0 Å². The van der Waals surface area contributed by atoms with Gasteiger partial charge in [0.2, 0.25) is 5.69 Å². The molecule has 2 heterocycles. The van der Waals surface area contributed by atoms with Crippen LogP contribution in [0.4, 0.5) is 5.69 Å². The third kappa shape index (κ3) is 2.26. The van der Waals surface area contributed by atoms with Crippen molar-refractivity contribution in [2.24, 2.45) is 7.05 Å². The summed E-state index contributed by atoms with van der Waals surface area (Å²) in [5, 5.41) is 2.90. The minimum Gasteiger partial charge on any atom is -0.238 e. The van der Waals surface area contributed by atoms with Crippen molar-refractivity contribution in [2.75, 3.05) is 0 Å². The summed E-state index contributed by atoms with van der Waals surface area (Å²) in [5.74, 6) is 0. The van der Waals surface area contributed by atoms with E-state index in [2.05, 4.69) is 86.0 Å². The molecule has 1 aliphatic heterocycles. The highest BCUT2D eigenvalue weighted by Gasteiger charge is 2.41. The number of hydrogen-bond acceptors (Lipinski definition) is 0. The maximum Gasteiger partial charge on any atom is 0.212 e. The van der Waals surface area contributed by atoms with Crippen molar-refractivity contribution < 1.29 is 4.57 Å². The van der Waals surface area contributed by atoms with Crippen LogP contribution in [0.1, 0.15) is 11.1 Å². The van der Waals surface area contributed by atoms with Crippen LogP contribution in [0.3, 0.4) is 0 Å². The summed E-state index contributed by atoms with van der Waals surface area (Å²) in [4.78, 5) is 3.67. The Bertz CT molecular complexity index is 1100. The van der Waals surface area contributed by atoms with E-state index in [1.54, 1.807) is 0 Å². The van der Waals surface area contributed by atoms with Crippen molar-refractivity contribution in [1.82, 2.24) is 0 Å². The molecule has 0 N–H and O–H groups in total. The van der Waals surface area contributed by atoms with Gasteiger partial charge in [0.25, 0.3) is 0 Å². The molecular formula is C23H23N2Si+. The largest absolute Gasteiger partial charge is 0.238 e. The molecule has 1 aliphatic rings. The number of fused-ring (bicyclic) bond motifs is 3. The second-order valence-electron chi connectivity index (χ2n) is 7.85. The fraction of sp³-hybridized carbons (Fsp3) is 0.217. The van der Waals surface area contributed by atoms with Crippen LogP contribution in [0.2, 0.25) is 13.1 Å². The molecule has 0 saturated heterocycles. The number of hydrogen-bond donors (Lipinski definition) is 0. The molecular weight excluding hydrogens is 332 g/mol. The van der Waals surface area contributed by atoms with Crippen LogP contribution < -0.4 is 14.9 Å². The minimum atomic E-state index is -1.88. The lowest BCUT2D eigenvalue weighted by Crippen LogP contribution is -2.51. The van der Waals surface area contributed by atoms with Crippen LogP contribution in [-0.2, 0) is 7.05 Å². The molecule has 0 radical (unpaired) electrons. The van der Waals surface area contributed by atoms with Crippen molar-refractivity contribution >= 4 is 24.1 Å². The summed E-state index contributed by atoms with van der Waals surface area (Å²) in [7, 11) is 0.253. The van der Waals surface area contributed by atoms with Gasteiger partial charge in [0.05, 0.1) is 6.57 Å². The van der Waals surface area contributed by atoms with Crippen molar-refractivity contribution in [2.45, 2.75) is 26.9 Å². The first-order valence-electron chi connectivity index (χ1n) is 8.97. The van der Waals surface area contributed by atoms with Gasteiger partial charge < -0.3 is 0 Å². The summed E-state index contributed by atoms with van der Waals surface area (Å²) >= 11 is 0. The minimum absolute atomic E-state index is 0.747. The highest BCUT2D eigenvalue weighted by molar-refractivity contribution is 7.04. The van der Waals surface area contributed by atoms with Crippen molar-refractivity contribution in [3.8, 4) is 22.4 Å². The van der Waals surface area contributed by atoms with Crippen LogP contribution in [0.15, 0.2) is 48.7 Å². The molecule has 0 amide bonds. The van der Waals surface area contributed by atoms with Gasteiger partial charge in [-0.25, -0.2) is 9.41 Å². The van der Waals surface area contributed by atoms with Crippen LogP contribution in [-0.4, -0.2) is 8.07 Å². The Hall–Kier alpha value is -2.70. The van der Waals surface area contributed by atoms with Gasteiger partial charge in [0, 0.05) is 17.2 Å². The number of nitrogens with zero attached hydrogens (tertiary/aromatic N) is 2. The van der Waals surface area contributed by atoms with Gasteiger partial charge in [-0.1, -0.05) is 48.6 Å². The topological polar surface area (TPSA) is 8.24 Å². The number of rotatable bonds is 1. The van der Waals surface area contributed by atoms with Crippen LogP contribution >= 0.6 is 0 Å². The predicted octanol–water partition coefficient (Wildman–Crippen LogP) is 4.15. The number of pyridine rings is 1. The van der Waals surface area contributed by atoms with Gasteiger partial charge in [0.15, 0.2) is 11.9 Å². The van der Waals surface area contributed by atoms with E-state index in [0.29, 0.717) is 0 Å². The Labute approximate surface area is 156 Å². The average molecular weight is 356 g/mol. The second kappa shape index (κ2) is 5.65. The van der Waals surface area contributed by atoms with Crippen molar-refractivity contribution in [3.05, 3.63) is 71.2 Å². The van der Waals surface area contributed by atoms with Gasteiger partial charge in [-0.3, -0.25) is 0 Å². The first-order chi connectivity index (χ1) is 12.3. The van der Waals surface area contributed by atoms with E-state index in [1.807, 2.05) is 6.07 Å². The van der Waals surface area contributed by atoms with Gasteiger partial charge in [-0.05, 0) is 41.8 Å². The summed E-state index contributed by atoms with van der Waals surface area (Å²) in [5.41, 5.74) is 8.65. The molecule has 2 nitrogen and oxygen atoms in total. The Morgan fingerprint density at radius 1 is 0.962 bits per heavy atom. The fourth-order valence-corrected chi connectivity index (χ4v) is 7.92. The molecule has 2 aromatic carbocycles. The monoisotopic (exact) mass is 355 g/mol. The molecule has 1 aromatic heterocycles. The molecule has 3 heteroatoms. The molecule has 0 atom stereocenters. The number of aromatic nitrogens is 1. The average Bonchev–Trinajstić information content (AvgIpc) is 2.83. The van der Waals surface area contributed by atoms with E-state index in [4.69, 9.17) is 6.57 Å². The zero-order valence-electron chi connectivity index (χ0n) is 16.0. The highest BCUT2D eigenvalue weighted by atomic mass is 28.3. The maximum atomic E-state index is 7.39. The van der Waals surface area contributed by atoms with E-state index in [-0.39, 0.29) is 0 Å². The normalized spacial score (nSPS) is 13.8. The molecule has 128 valence electrons. The lowest BCUT2D eigenvalue weighted by molar-refractivity contribution is -0.660. The molecule has 4 rings (SSSR count). The molecule has 0 spiro atoms. The third-order valence-corrected chi connectivity index (χ3v) is 9.20. The summed E-state index contributed by atoms with van der Waals surface area (Å²) in [6.45, 7) is 16.6. The zero-order chi connectivity index (χ0) is 18.6. The molecule has 0 unspecified atom stereocenters. The SMILES string of the molecule is [C-]#[N+]c1ccc2c(c1)[Si](C)(C)c1c-2ccc(C)c1-c1ccc(C)c[n+]1C. The van der Waals surface area contributed by atoms with Gasteiger partial charge in [0.1, 0.15) is 15.1 Å². The Balaban J connectivity index is 2.07. The number of benzene rings is 2. The molecule has 3 aromatic rings. The lowest BCUT2D eigenvalue weighted by atomic mass is 9.97. The second-order valence-corrected chi connectivity index (χ2v) is 12.1. The van der Waals surface area contributed by atoms with Gasteiger partial charge in [-0.2, -0.15) is 0 Å². The first-order valence-corrected chi connectivity index (χ1v) is 12.0. The summed E-state index contributed by atoms with van der Waals surface area (Å²) in [6.07, 6.45) is 2.20.